The molecule has 19 heavy (non-hydrogen) atoms. The van der Waals surface area contributed by atoms with E-state index in [9.17, 15) is 4.79 Å². The van der Waals surface area contributed by atoms with Crippen LogP contribution < -0.4 is 11.1 Å². The van der Waals surface area contributed by atoms with Crippen molar-refractivity contribution in [2.75, 3.05) is 5.73 Å². The lowest BCUT2D eigenvalue weighted by Gasteiger charge is -2.02. The predicted octanol–water partition coefficient (Wildman–Crippen LogP) is 2.14. The van der Waals surface area contributed by atoms with Gasteiger partial charge in [0.15, 0.2) is 0 Å². The topological polar surface area (TPSA) is 83.8 Å². The number of carbonyl (C=O) groups is 1. The number of benzene rings is 1. The normalized spacial score (nSPS) is 10.7. The van der Waals surface area contributed by atoms with Crippen molar-refractivity contribution in [3.05, 3.63) is 46.5 Å². The minimum absolute atomic E-state index is 0.121. The van der Waals surface area contributed by atoms with Gasteiger partial charge in [-0.1, -0.05) is 0 Å². The number of nitrogens with one attached hydrogen (secondary N) is 2. The average Bonchev–Trinajstić information content (AvgIpc) is 3.04. The molecule has 3 aromatic rings. The number of hydrogen-bond donors (Lipinski definition) is 3. The van der Waals surface area contributed by atoms with E-state index in [-0.39, 0.29) is 5.91 Å². The first kappa shape index (κ1) is 11.7. The molecular weight excluding hydrogens is 260 g/mol. The Labute approximate surface area is 113 Å². The van der Waals surface area contributed by atoms with Crippen molar-refractivity contribution < 1.29 is 4.79 Å². The minimum Gasteiger partial charge on any atom is -0.399 e. The molecule has 0 bridgehead atoms. The summed E-state index contributed by atoms with van der Waals surface area (Å²) < 4.78 is 0. The van der Waals surface area contributed by atoms with Crippen LogP contribution in [-0.2, 0) is 6.54 Å². The van der Waals surface area contributed by atoms with Crippen LogP contribution in [-0.4, -0.2) is 15.9 Å². The summed E-state index contributed by atoms with van der Waals surface area (Å²) in [5.41, 5.74) is 10.5. The van der Waals surface area contributed by atoms with Crippen LogP contribution in [0.25, 0.3) is 10.9 Å². The monoisotopic (exact) mass is 272 g/mol. The number of aromatic nitrogens is 2. The van der Waals surface area contributed by atoms with Crippen molar-refractivity contribution in [2.45, 2.75) is 6.54 Å². The number of anilines is 1. The first-order valence-corrected chi connectivity index (χ1v) is 6.70. The fourth-order valence-electron chi connectivity index (χ4n) is 1.92. The number of H-pyrrole nitrogens is 1. The first-order valence-electron chi connectivity index (χ1n) is 5.76. The summed E-state index contributed by atoms with van der Waals surface area (Å²) in [6.07, 6.45) is 1.69. The Morgan fingerprint density at radius 1 is 1.47 bits per heavy atom. The van der Waals surface area contributed by atoms with Crippen LogP contribution in [0.1, 0.15) is 16.1 Å². The Morgan fingerprint density at radius 3 is 3.16 bits per heavy atom. The second kappa shape index (κ2) is 4.74. The highest BCUT2D eigenvalue weighted by molar-refractivity contribution is 7.07. The molecule has 2 aromatic heterocycles. The summed E-state index contributed by atoms with van der Waals surface area (Å²) in [5.74, 6) is -0.121. The van der Waals surface area contributed by atoms with Crippen molar-refractivity contribution in [1.82, 2.24) is 15.3 Å². The van der Waals surface area contributed by atoms with Gasteiger partial charge in [0.1, 0.15) is 0 Å². The zero-order valence-electron chi connectivity index (χ0n) is 10.0. The number of rotatable bonds is 3. The van der Waals surface area contributed by atoms with E-state index < -0.39 is 0 Å². The van der Waals surface area contributed by atoms with Crippen LogP contribution in [0.3, 0.4) is 0 Å². The van der Waals surface area contributed by atoms with E-state index in [1.54, 1.807) is 17.8 Å². The molecule has 6 heteroatoms. The van der Waals surface area contributed by atoms with Crippen LogP contribution in [0, 0.1) is 0 Å². The largest absolute Gasteiger partial charge is 0.399 e. The lowest BCUT2D eigenvalue weighted by Crippen LogP contribution is -2.22. The summed E-state index contributed by atoms with van der Waals surface area (Å²) in [4.78, 5) is 19.3. The van der Waals surface area contributed by atoms with Crippen LogP contribution in [0.4, 0.5) is 5.69 Å². The van der Waals surface area contributed by atoms with Crippen molar-refractivity contribution >= 4 is 33.8 Å². The smallest absolute Gasteiger partial charge is 0.253 e. The summed E-state index contributed by atoms with van der Waals surface area (Å²) in [5, 5.41) is 5.63. The highest BCUT2D eigenvalue weighted by Crippen LogP contribution is 2.20. The van der Waals surface area contributed by atoms with E-state index in [1.807, 2.05) is 17.5 Å². The van der Waals surface area contributed by atoms with Crippen LogP contribution in [0.15, 0.2) is 35.3 Å². The van der Waals surface area contributed by atoms with Gasteiger partial charge in [-0.05, 0) is 18.2 Å². The van der Waals surface area contributed by atoms with Crippen LogP contribution in [0.2, 0.25) is 0 Å². The van der Waals surface area contributed by atoms with Gasteiger partial charge in [0.05, 0.1) is 23.3 Å². The zero-order chi connectivity index (χ0) is 13.2. The van der Waals surface area contributed by atoms with Gasteiger partial charge >= 0.3 is 0 Å². The lowest BCUT2D eigenvalue weighted by atomic mass is 10.1. The van der Waals surface area contributed by atoms with Gasteiger partial charge < -0.3 is 16.0 Å². The molecular formula is C13H12N4OS. The maximum absolute atomic E-state index is 12.1. The van der Waals surface area contributed by atoms with Gasteiger partial charge in [-0.3, -0.25) is 4.79 Å². The number of aromatic amines is 1. The molecule has 0 radical (unpaired) electrons. The second-order valence-electron chi connectivity index (χ2n) is 4.17. The van der Waals surface area contributed by atoms with E-state index in [0.717, 1.165) is 16.6 Å². The molecule has 0 aliphatic heterocycles. The summed E-state index contributed by atoms with van der Waals surface area (Å²) in [6.45, 7) is 0.435. The molecule has 0 aliphatic carbocycles. The van der Waals surface area contributed by atoms with Crippen LogP contribution >= 0.6 is 11.3 Å². The quantitative estimate of drug-likeness (QED) is 0.639. The first-order chi connectivity index (χ1) is 9.24. The maximum atomic E-state index is 12.1. The van der Waals surface area contributed by atoms with Gasteiger partial charge in [-0.2, -0.15) is 0 Å². The predicted molar refractivity (Wildman–Crippen MR) is 76.0 cm³/mol. The number of hydrogen-bond acceptors (Lipinski definition) is 4. The molecule has 1 amide bonds. The van der Waals surface area contributed by atoms with Crippen LogP contribution in [0.5, 0.6) is 0 Å². The fourth-order valence-corrected chi connectivity index (χ4v) is 2.48. The Kier molecular flexibility index (Phi) is 2.92. The number of nitrogens with two attached hydrogens (primary N) is 1. The molecule has 3 rings (SSSR count). The van der Waals surface area contributed by atoms with Crippen molar-refractivity contribution in [3.63, 3.8) is 0 Å². The van der Waals surface area contributed by atoms with Gasteiger partial charge in [0, 0.05) is 28.2 Å². The third-order valence-corrected chi connectivity index (χ3v) is 3.50. The molecule has 0 unspecified atom stereocenters. The number of amides is 1. The molecule has 0 saturated heterocycles. The Balaban J connectivity index is 1.81. The molecule has 2 heterocycles. The molecule has 0 fully saturated rings. The molecule has 4 N–H and O–H groups in total. The van der Waals surface area contributed by atoms with Gasteiger partial charge in [0.2, 0.25) is 0 Å². The minimum atomic E-state index is -0.121. The van der Waals surface area contributed by atoms with Crippen molar-refractivity contribution in [2.24, 2.45) is 0 Å². The number of thiazole rings is 1. The third-order valence-electron chi connectivity index (χ3n) is 2.86. The number of carbonyl (C=O) groups excluding carboxylic acids is 1. The SMILES string of the molecule is Nc1ccc2c(C(=O)NCc3cscn3)c[nH]c2c1. The standard InChI is InChI=1S/C13H12N4OS/c14-8-1-2-10-11(5-15-12(10)3-8)13(18)16-4-9-6-19-7-17-9/h1-3,5-7,15H,4,14H2,(H,16,18). The lowest BCUT2D eigenvalue weighted by molar-refractivity contribution is 0.0952. The van der Waals surface area contributed by atoms with Gasteiger partial charge in [-0.15, -0.1) is 11.3 Å². The third kappa shape index (κ3) is 2.30. The molecule has 0 spiro atoms. The van der Waals surface area contributed by atoms with Gasteiger partial charge in [-0.25, -0.2) is 4.98 Å². The Hall–Kier alpha value is -2.34. The molecule has 0 saturated carbocycles. The summed E-state index contributed by atoms with van der Waals surface area (Å²) in [7, 11) is 0. The molecule has 0 atom stereocenters. The number of nitrogens with zero attached hydrogens (tertiary/aromatic N) is 1. The second-order valence-corrected chi connectivity index (χ2v) is 4.89. The summed E-state index contributed by atoms with van der Waals surface area (Å²) >= 11 is 1.51. The fraction of sp³-hybridized carbons (Fsp3) is 0.0769. The van der Waals surface area contributed by atoms with E-state index in [4.69, 9.17) is 5.73 Å². The molecule has 1 aromatic carbocycles. The molecule has 96 valence electrons. The van der Waals surface area contributed by atoms with E-state index >= 15 is 0 Å². The van der Waals surface area contributed by atoms with E-state index in [0.29, 0.717) is 17.8 Å². The number of fused-ring (bicyclic) bond motifs is 1. The average molecular weight is 272 g/mol. The highest BCUT2D eigenvalue weighted by atomic mass is 32.1. The van der Waals surface area contributed by atoms with Crippen molar-refractivity contribution in [3.8, 4) is 0 Å². The van der Waals surface area contributed by atoms with E-state index in [2.05, 4.69) is 15.3 Å². The zero-order valence-corrected chi connectivity index (χ0v) is 10.8. The molecule has 5 nitrogen and oxygen atoms in total. The molecule has 0 aliphatic rings. The Bertz CT molecular complexity index is 717. The van der Waals surface area contributed by atoms with Crippen molar-refractivity contribution in [1.29, 1.82) is 0 Å². The number of nitrogen functional groups attached to an aromatic ring is 1. The summed E-state index contributed by atoms with van der Waals surface area (Å²) in [6, 6.07) is 5.44. The van der Waals surface area contributed by atoms with E-state index in [1.165, 1.54) is 11.3 Å². The highest BCUT2D eigenvalue weighted by Gasteiger charge is 2.11. The van der Waals surface area contributed by atoms with Gasteiger partial charge in [0.25, 0.3) is 5.91 Å². The Morgan fingerprint density at radius 2 is 2.37 bits per heavy atom. The maximum Gasteiger partial charge on any atom is 0.253 e.